The first kappa shape index (κ1) is 19.2. The quantitative estimate of drug-likeness (QED) is 0.817. The molecule has 5 nitrogen and oxygen atoms in total. The molecule has 3 rings (SSSR count). The molecule has 2 aromatic rings. The molecule has 27 heavy (non-hydrogen) atoms. The fourth-order valence-corrected chi connectivity index (χ4v) is 3.49. The molecule has 0 aromatic heterocycles. The lowest BCUT2D eigenvalue weighted by Gasteiger charge is -2.30. The Bertz CT molecular complexity index is 846. The van der Waals surface area contributed by atoms with E-state index in [0.717, 1.165) is 31.6 Å². The van der Waals surface area contributed by atoms with E-state index in [1.165, 1.54) is 18.6 Å². The third kappa shape index (κ3) is 4.57. The second-order valence-corrected chi connectivity index (χ2v) is 6.98. The Morgan fingerprint density at radius 2 is 1.89 bits per heavy atom. The first-order valence-corrected chi connectivity index (χ1v) is 9.25. The van der Waals surface area contributed by atoms with Gasteiger partial charge in [-0.1, -0.05) is 17.7 Å². The minimum Gasteiger partial charge on any atom is -0.370 e. The number of halogens is 2. The van der Waals surface area contributed by atoms with Crippen LogP contribution in [0.5, 0.6) is 0 Å². The van der Waals surface area contributed by atoms with Crippen molar-refractivity contribution in [3.05, 3.63) is 58.4 Å². The van der Waals surface area contributed by atoms with Gasteiger partial charge in [0.05, 0.1) is 17.8 Å². The summed E-state index contributed by atoms with van der Waals surface area (Å²) < 4.78 is 14.0. The highest BCUT2D eigenvalue weighted by atomic mass is 35.5. The summed E-state index contributed by atoms with van der Waals surface area (Å²) in [5, 5.41) is 2.99. The van der Waals surface area contributed by atoms with Crippen LogP contribution < -0.4 is 16.0 Å². The SMILES string of the molecule is NC(=O)c1ccc(N2CCCCC2)c(NC(=O)Cc2c(F)cccc2Cl)c1. The molecule has 0 spiro atoms. The Morgan fingerprint density at radius 1 is 1.15 bits per heavy atom. The van der Waals surface area contributed by atoms with E-state index in [0.29, 0.717) is 11.3 Å². The number of piperidine rings is 1. The van der Waals surface area contributed by atoms with Gasteiger partial charge in [0.25, 0.3) is 0 Å². The zero-order valence-electron chi connectivity index (χ0n) is 14.8. The van der Waals surface area contributed by atoms with Gasteiger partial charge < -0.3 is 16.0 Å². The first-order chi connectivity index (χ1) is 13.0. The fraction of sp³-hybridized carbons (Fsp3) is 0.300. The van der Waals surface area contributed by atoms with E-state index in [1.807, 2.05) is 0 Å². The average molecular weight is 390 g/mol. The predicted molar refractivity (Wildman–Crippen MR) is 105 cm³/mol. The molecule has 0 saturated carbocycles. The van der Waals surface area contributed by atoms with Crippen LogP contribution in [0.3, 0.4) is 0 Å². The molecule has 1 heterocycles. The van der Waals surface area contributed by atoms with Crippen molar-refractivity contribution >= 4 is 34.8 Å². The number of amides is 2. The number of hydrogen-bond donors (Lipinski definition) is 2. The van der Waals surface area contributed by atoms with Crippen LogP contribution in [0.1, 0.15) is 35.2 Å². The molecule has 0 unspecified atom stereocenters. The second kappa shape index (κ2) is 8.39. The number of nitrogens with one attached hydrogen (secondary N) is 1. The van der Waals surface area contributed by atoms with E-state index >= 15 is 0 Å². The summed E-state index contributed by atoms with van der Waals surface area (Å²) in [6.07, 6.45) is 3.10. The standard InChI is InChI=1S/C20H21ClFN3O2/c21-15-5-4-6-16(22)14(15)12-19(26)24-17-11-13(20(23)27)7-8-18(17)25-9-2-1-3-10-25/h4-8,11H,1-3,9-10,12H2,(H2,23,27)(H,24,26). The first-order valence-electron chi connectivity index (χ1n) is 8.87. The Balaban J connectivity index is 1.86. The van der Waals surface area contributed by atoms with Gasteiger partial charge in [-0.25, -0.2) is 4.39 Å². The van der Waals surface area contributed by atoms with Crippen molar-refractivity contribution < 1.29 is 14.0 Å². The van der Waals surface area contributed by atoms with Crippen LogP contribution in [-0.2, 0) is 11.2 Å². The molecular weight excluding hydrogens is 369 g/mol. The van der Waals surface area contributed by atoms with Gasteiger partial charge in [0.2, 0.25) is 11.8 Å². The van der Waals surface area contributed by atoms with E-state index in [4.69, 9.17) is 17.3 Å². The number of carbonyl (C=O) groups excluding carboxylic acids is 2. The van der Waals surface area contributed by atoms with Gasteiger partial charge in [0, 0.05) is 29.2 Å². The van der Waals surface area contributed by atoms with E-state index in [2.05, 4.69) is 10.2 Å². The van der Waals surface area contributed by atoms with Crippen molar-refractivity contribution in [3.8, 4) is 0 Å². The highest BCUT2D eigenvalue weighted by Crippen LogP contribution is 2.30. The Labute approximate surface area is 162 Å². The minimum absolute atomic E-state index is 0.141. The second-order valence-electron chi connectivity index (χ2n) is 6.57. The molecule has 1 fully saturated rings. The topological polar surface area (TPSA) is 75.4 Å². The molecule has 2 aromatic carbocycles. The van der Waals surface area contributed by atoms with Crippen molar-refractivity contribution in [3.63, 3.8) is 0 Å². The van der Waals surface area contributed by atoms with E-state index < -0.39 is 17.6 Å². The molecule has 1 aliphatic heterocycles. The van der Waals surface area contributed by atoms with Crippen molar-refractivity contribution in [2.75, 3.05) is 23.3 Å². The summed E-state index contributed by atoms with van der Waals surface area (Å²) in [4.78, 5) is 26.2. The summed E-state index contributed by atoms with van der Waals surface area (Å²) in [5.74, 6) is -1.52. The lowest BCUT2D eigenvalue weighted by Crippen LogP contribution is -2.31. The van der Waals surface area contributed by atoms with E-state index in [-0.39, 0.29) is 17.0 Å². The maximum atomic E-state index is 14.0. The summed E-state index contributed by atoms with van der Waals surface area (Å²) in [7, 11) is 0. The molecule has 2 amide bonds. The lowest BCUT2D eigenvalue weighted by molar-refractivity contribution is -0.115. The van der Waals surface area contributed by atoms with Crippen LogP contribution in [0, 0.1) is 5.82 Å². The van der Waals surface area contributed by atoms with Gasteiger partial charge in [-0.05, 0) is 49.6 Å². The van der Waals surface area contributed by atoms with Gasteiger partial charge in [0.1, 0.15) is 5.82 Å². The molecule has 0 bridgehead atoms. The number of hydrogen-bond acceptors (Lipinski definition) is 3. The van der Waals surface area contributed by atoms with Crippen LogP contribution >= 0.6 is 11.6 Å². The monoisotopic (exact) mass is 389 g/mol. The molecule has 1 saturated heterocycles. The van der Waals surface area contributed by atoms with Crippen molar-refractivity contribution in [1.82, 2.24) is 0 Å². The smallest absolute Gasteiger partial charge is 0.248 e. The minimum atomic E-state index is -0.576. The molecule has 3 N–H and O–H groups in total. The number of nitrogens with zero attached hydrogens (tertiary/aromatic N) is 1. The molecule has 0 atom stereocenters. The zero-order valence-corrected chi connectivity index (χ0v) is 15.6. The number of rotatable bonds is 5. The predicted octanol–water partition coefficient (Wildman–Crippen LogP) is 3.75. The number of carbonyl (C=O) groups is 2. The zero-order chi connectivity index (χ0) is 19.4. The van der Waals surface area contributed by atoms with E-state index in [1.54, 1.807) is 24.3 Å². The summed E-state index contributed by atoms with van der Waals surface area (Å²) in [6, 6.07) is 9.30. The highest BCUT2D eigenvalue weighted by molar-refractivity contribution is 6.31. The highest BCUT2D eigenvalue weighted by Gasteiger charge is 2.19. The average Bonchev–Trinajstić information content (AvgIpc) is 2.65. The maximum absolute atomic E-state index is 14.0. The fourth-order valence-electron chi connectivity index (χ4n) is 3.26. The normalized spacial score (nSPS) is 14.1. The Kier molecular flexibility index (Phi) is 5.96. The Morgan fingerprint density at radius 3 is 2.56 bits per heavy atom. The lowest BCUT2D eigenvalue weighted by atomic mass is 10.1. The van der Waals surface area contributed by atoms with Crippen molar-refractivity contribution in [2.45, 2.75) is 25.7 Å². The number of benzene rings is 2. The third-order valence-electron chi connectivity index (χ3n) is 4.65. The van der Waals surface area contributed by atoms with Gasteiger partial charge in [0.15, 0.2) is 0 Å². The van der Waals surface area contributed by atoms with E-state index in [9.17, 15) is 14.0 Å². The summed E-state index contributed by atoms with van der Waals surface area (Å²) in [6.45, 7) is 1.75. The summed E-state index contributed by atoms with van der Waals surface area (Å²) >= 11 is 6.01. The van der Waals surface area contributed by atoms with Gasteiger partial charge in [-0.3, -0.25) is 9.59 Å². The van der Waals surface area contributed by atoms with Crippen LogP contribution in [0.4, 0.5) is 15.8 Å². The van der Waals surface area contributed by atoms with Crippen LogP contribution in [0.25, 0.3) is 0 Å². The van der Waals surface area contributed by atoms with Crippen LogP contribution in [-0.4, -0.2) is 24.9 Å². The molecule has 0 aliphatic carbocycles. The van der Waals surface area contributed by atoms with Crippen molar-refractivity contribution in [1.29, 1.82) is 0 Å². The molecular formula is C20H21ClFN3O2. The largest absolute Gasteiger partial charge is 0.370 e. The molecule has 7 heteroatoms. The number of nitrogens with two attached hydrogens (primary N) is 1. The molecule has 0 radical (unpaired) electrons. The third-order valence-corrected chi connectivity index (χ3v) is 5.01. The maximum Gasteiger partial charge on any atom is 0.248 e. The molecule has 142 valence electrons. The van der Waals surface area contributed by atoms with Crippen molar-refractivity contribution in [2.24, 2.45) is 5.73 Å². The van der Waals surface area contributed by atoms with Crippen LogP contribution in [0.15, 0.2) is 36.4 Å². The number of anilines is 2. The summed E-state index contributed by atoms with van der Waals surface area (Å²) in [5.41, 5.74) is 7.13. The van der Waals surface area contributed by atoms with Gasteiger partial charge >= 0.3 is 0 Å². The van der Waals surface area contributed by atoms with Crippen LogP contribution in [0.2, 0.25) is 5.02 Å². The number of primary amides is 1. The molecule has 1 aliphatic rings. The van der Waals surface area contributed by atoms with Gasteiger partial charge in [-0.15, -0.1) is 0 Å². The Hall–Kier alpha value is -2.60. The van der Waals surface area contributed by atoms with Gasteiger partial charge in [-0.2, -0.15) is 0 Å².